The molecule has 2 aromatic carbocycles. The Balaban J connectivity index is 1.41. The van der Waals surface area contributed by atoms with E-state index in [-0.39, 0.29) is 5.91 Å². The number of hydrogen-bond donors (Lipinski definition) is 0. The fourth-order valence-electron chi connectivity index (χ4n) is 2.72. The van der Waals surface area contributed by atoms with Gasteiger partial charge in [0, 0.05) is 20.0 Å². The first-order valence-corrected chi connectivity index (χ1v) is 9.16. The number of hydrogen-bond acceptors (Lipinski definition) is 3. The summed E-state index contributed by atoms with van der Waals surface area (Å²) in [6.07, 6.45) is 3.47. The van der Waals surface area contributed by atoms with E-state index in [4.69, 9.17) is 0 Å². The normalized spacial score (nSPS) is 10.9. The highest BCUT2D eigenvalue weighted by Crippen LogP contribution is 2.23. The van der Waals surface area contributed by atoms with Crippen LogP contribution in [0.1, 0.15) is 29.8 Å². The van der Waals surface area contributed by atoms with Crippen molar-refractivity contribution < 1.29 is 4.79 Å². The Kier molecular flexibility index (Phi) is 5.59. The van der Waals surface area contributed by atoms with E-state index in [1.807, 2.05) is 42.3 Å². The number of thiazole rings is 1. The minimum atomic E-state index is 0.211. The van der Waals surface area contributed by atoms with Gasteiger partial charge >= 0.3 is 0 Å². The number of nitrogens with zero attached hydrogens (tertiary/aromatic N) is 2. The van der Waals surface area contributed by atoms with Crippen molar-refractivity contribution in [2.75, 3.05) is 7.05 Å². The van der Waals surface area contributed by atoms with Crippen LogP contribution in [-0.4, -0.2) is 22.8 Å². The average Bonchev–Trinajstić information content (AvgIpc) is 3.02. The molecule has 0 aliphatic carbocycles. The number of carbonyl (C=O) groups is 1. The number of benzene rings is 2. The van der Waals surface area contributed by atoms with Crippen LogP contribution in [0.4, 0.5) is 0 Å². The van der Waals surface area contributed by atoms with Crippen LogP contribution in [0.2, 0.25) is 0 Å². The molecule has 0 unspecified atom stereocenters. The van der Waals surface area contributed by atoms with Crippen LogP contribution in [0.5, 0.6) is 0 Å². The van der Waals surface area contributed by atoms with Crippen LogP contribution in [0, 0.1) is 0 Å². The van der Waals surface area contributed by atoms with Gasteiger partial charge in [0.25, 0.3) is 0 Å². The molecular formula is C20H22N2OS. The van der Waals surface area contributed by atoms with Crippen molar-refractivity contribution in [1.29, 1.82) is 0 Å². The van der Waals surface area contributed by atoms with Gasteiger partial charge in [-0.2, -0.15) is 0 Å². The molecule has 0 fully saturated rings. The molecule has 0 aliphatic heterocycles. The molecule has 4 heteroatoms. The highest BCUT2D eigenvalue weighted by Gasteiger charge is 2.09. The van der Waals surface area contributed by atoms with E-state index in [2.05, 4.69) is 29.2 Å². The first-order chi connectivity index (χ1) is 11.7. The Bertz CT molecular complexity index is 765. The minimum Gasteiger partial charge on any atom is -0.341 e. The fraction of sp³-hybridized carbons (Fsp3) is 0.300. The van der Waals surface area contributed by atoms with Crippen molar-refractivity contribution >= 4 is 27.5 Å². The maximum absolute atomic E-state index is 12.2. The van der Waals surface area contributed by atoms with E-state index >= 15 is 0 Å². The lowest BCUT2D eigenvalue weighted by molar-refractivity contribution is -0.130. The van der Waals surface area contributed by atoms with E-state index in [0.717, 1.165) is 24.8 Å². The number of aryl methyl sites for hydroxylation is 1. The Hall–Kier alpha value is -2.20. The third kappa shape index (κ3) is 4.42. The summed E-state index contributed by atoms with van der Waals surface area (Å²) < 4.78 is 1.24. The SMILES string of the molecule is CN(Cc1ccccc1)C(=O)CCCCc1nc2ccccc2s1. The van der Waals surface area contributed by atoms with E-state index in [1.165, 1.54) is 15.3 Å². The first-order valence-electron chi connectivity index (χ1n) is 8.35. The number of rotatable bonds is 7. The van der Waals surface area contributed by atoms with Gasteiger partial charge in [-0.25, -0.2) is 4.98 Å². The summed E-state index contributed by atoms with van der Waals surface area (Å²) in [7, 11) is 1.88. The van der Waals surface area contributed by atoms with Gasteiger partial charge in [0.15, 0.2) is 0 Å². The Morgan fingerprint density at radius 1 is 1.04 bits per heavy atom. The second-order valence-corrected chi connectivity index (χ2v) is 7.13. The lowest BCUT2D eigenvalue weighted by Crippen LogP contribution is -2.25. The summed E-state index contributed by atoms with van der Waals surface area (Å²) in [4.78, 5) is 18.7. The summed E-state index contributed by atoms with van der Waals surface area (Å²) in [6, 6.07) is 18.3. The summed E-state index contributed by atoms with van der Waals surface area (Å²) in [5.74, 6) is 0.211. The van der Waals surface area contributed by atoms with Crippen LogP contribution in [0.15, 0.2) is 54.6 Å². The molecule has 3 rings (SSSR count). The monoisotopic (exact) mass is 338 g/mol. The molecule has 1 aromatic heterocycles. The molecule has 3 aromatic rings. The van der Waals surface area contributed by atoms with Crippen molar-refractivity contribution in [3.05, 3.63) is 65.2 Å². The lowest BCUT2D eigenvalue weighted by atomic mass is 10.1. The van der Waals surface area contributed by atoms with Crippen molar-refractivity contribution in [2.45, 2.75) is 32.2 Å². The number of amides is 1. The second kappa shape index (κ2) is 8.06. The van der Waals surface area contributed by atoms with Gasteiger partial charge in [-0.15, -0.1) is 11.3 Å². The maximum atomic E-state index is 12.2. The third-order valence-corrected chi connectivity index (χ3v) is 5.15. The Morgan fingerprint density at radius 3 is 2.58 bits per heavy atom. The van der Waals surface area contributed by atoms with Gasteiger partial charge in [-0.1, -0.05) is 42.5 Å². The van der Waals surface area contributed by atoms with Gasteiger partial charge in [0.05, 0.1) is 15.2 Å². The van der Waals surface area contributed by atoms with Crippen LogP contribution in [0.25, 0.3) is 10.2 Å². The average molecular weight is 338 g/mol. The van der Waals surface area contributed by atoms with Gasteiger partial charge < -0.3 is 4.90 Å². The zero-order valence-electron chi connectivity index (χ0n) is 13.9. The van der Waals surface area contributed by atoms with Crippen LogP contribution in [-0.2, 0) is 17.8 Å². The van der Waals surface area contributed by atoms with Crippen LogP contribution >= 0.6 is 11.3 Å². The number of aromatic nitrogens is 1. The molecule has 3 nitrogen and oxygen atoms in total. The van der Waals surface area contributed by atoms with Crippen molar-refractivity contribution in [3.8, 4) is 0 Å². The van der Waals surface area contributed by atoms with Gasteiger partial charge in [0.2, 0.25) is 5.91 Å². The highest BCUT2D eigenvalue weighted by molar-refractivity contribution is 7.18. The number of unbranched alkanes of at least 4 members (excludes halogenated alkanes) is 1. The van der Waals surface area contributed by atoms with Crippen LogP contribution in [0.3, 0.4) is 0 Å². The predicted octanol–water partition coefficient (Wildman–Crippen LogP) is 4.67. The van der Waals surface area contributed by atoms with Crippen molar-refractivity contribution in [3.63, 3.8) is 0 Å². The van der Waals surface area contributed by atoms with Gasteiger partial charge in [-0.3, -0.25) is 4.79 Å². The van der Waals surface area contributed by atoms with E-state index in [1.54, 1.807) is 11.3 Å². The zero-order chi connectivity index (χ0) is 16.8. The quantitative estimate of drug-likeness (QED) is 0.587. The zero-order valence-corrected chi connectivity index (χ0v) is 14.8. The van der Waals surface area contributed by atoms with E-state index < -0.39 is 0 Å². The molecule has 1 amide bonds. The number of fused-ring (bicyclic) bond motifs is 1. The van der Waals surface area contributed by atoms with E-state index in [0.29, 0.717) is 13.0 Å². The molecule has 0 bridgehead atoms. The Morgan fingerprint density at radius 2 is 1.79 bits per heavy atom. The molecule has 0 radical (unpaired) electrons. The molecule has 1 heterocycles. The minimum absolute atomic E-state index is 0.211. The Labute approximate surface area is 147 Å². The summed E-state index contributed by atoms with van der Waals surface area (Å²) >= 11 is 1.76. The predicted molar refractivity (Wildman–Crippen MR) is 100 cm³/mol. The molecule has 0 saturated heterocycles. The standard InChI is InChI=1S/C20H22N2OS/c1-22(15-16-9-3-2-4-10-16)20(23)14-8-7-13-19-21-17-11-5-6-12-18(17)24-19/h2-6,9-12H,7-8,13-15H2,1H3. The summed E-state index contributed by atoms with van der Waals surface area (Å²) in [5, 5.41) is 1.17. The molecule has 0 N–H and O–H groups in total. The molecule has 124 valence electrons. The largest absolute Gasteiger partial charge is 0.341 e. The molecule has 24 heavy (non-hydrogen) atoms. The van der Waals surface area contributed by atoms with Crippen molar-refractivity contribution in [1.82, 2.24) is 9.88 Å². The summed E-state index contributed by atoms with van der Waals surface area (Å²) in [6.45, 7) is 0.678. The molecular weight excluding hydrogens is 316 g/mol. The van der Waals surface area contributed by atoms with Gasteiger partial charge in [-0.05, 0) is 37.0 Å². The maximum Gasteiger partial charge on any atom is 0.222 e. The molecule has 0 atom stereocenters. The van der Waals surface area contributed by atoms with E-state index in [9.17, 15) is 4.79 Å². The third-order valence-electron chi connectivity index (χ3n) is 4.06. The molecule has 0 spiro atoms. The molecule has 0 aliphatic rings. The van der Waals surface area contributed by atoms with Crippen LogP contribution < -0.4 is 0 Å². The van der Waals surface area contributed by atoms with Crippen molar-refractivity contribution in [2.24, 2.45) is 0 Å². The highest BCUT2D eigenvalue weighted by atomic mass is 32.1. The topological polar surface area (TPSA) is 33.2 Å². The fourth-order valence-corrected chi connectivity index (χ4v) is 3.72. The van der Waals surface area contributed by atoms with Gasteiger partial charge in [0.1, 0.15) is 0 Å². The number of carbonyl (C=O) groups excluding carboxylic acids is 1. The lowest BCUT2D eigenvalue weighted by Gasteiger charge is -2.17. The second-order valence-electron chi connectivity index (χ2n) is 6.02. The first kappa shape index (κ1) is 16.7. The number of para-hydroxylation sites is 1. The molecule has 0 saturated carbocycles. The smallest absolute Gasteiger partial charge is 0.222 e. The summed E-state index contributed by atoms with van der Waals surface area (Å²) in [5.41, 5.74) is 2.25.